The highest BCUT2D eigenvalue weighted by Gasteiger charge is 2.22. The van der Waals surface area contributed by atoms with Gasteiger partial charge in [0.15, 0.2) is 0 Å². The molecule has 0 bridgehead atoms. The molecule has 0 saturated heterocycles. The lowest BCUT2D eigenvalue weighted by Crippen LogP contribution is -2.35. The minimum atomic E-state index is 0.603. The van der Waals surface area contributed by atoms with Crippen molar-refractivity contribution in [3.63, 3.8) is 0 Å². The molecule has 0 aromatic carbocycles. The molecule has 3 nitrogen and oxygen atoms in total. The molecular weight excluding hydrogens is 210 g/mol. The van der Waals surface area contributed by atoms with E-state index in [1.165, 1.54) is 25.7 Å². The molecule has 3 heteroatoms. The molecule has 1 fully saturated rings. The number of rotatable bonds is 2. The number of nitrogens with zero attached hydrogens (tertiary/aromatic N) is 3. The van der Waals surface area contributed by atoms with Gasteiger partial charge >= 0.3 is 0 Å². The average Bonchev–Trinajstić information content (AvgIpc) is 2.39. The van der Waals surface area contributed by atoms with Crippen LogP contribution in [0.3, 0.4) is 0 Å². The van der Waals surface area contributed by atoms with Crippen molar-refractivity contribution in [1.29, 1.82) is 5.26 Å². The molecule has 1 aromatic rings. The minimum absolute atomic E-state index is 0.603. The van der Waals surface area contributed by atoms with Gasteiger partial charge in [0.2, 0.25) is 0 Å². The highest BCUT2D eigenvalue weighted by molar-refractivity contribution is 5.42. The summed E-state index contributed by atoms with van der Waals surface area (Å²) in [4.78, 5) is 6.60. The van der Waals surface area contributed by atoms with E-state index in [9.17, 15) is 0 Å². The van der Waals surface area contributed by atoms with Gasteiger partial charge in [0.25, 0.3) is 0 Å². The van der Waals surface area contributed by atoms with Gasteiger partial charge in [0, 0.05) is 19.3 Å². The summed E-state index contributed by atoms with van der Waals surface area (Å²) in [5, 5.41) is 8.74. The smallest absolute Gasteiger partial charge is 0.128 e. The summed E-state index contributed by atoms with van der Waals surface area (Å²) in [6.45, 7) is 2.33. The molecule has 2 rings (SSSR count). The van der Waals surface area contributed by atoms with Crippen LogP contribution in [0.2, 0.25) is 0 Å². The monoisotopic (exact) mass is 229 g/mol. The van der Waals surface area contributed by atoms with Gasteiger partial charge < -0.3 is 4.90 Å². The number of pyridine rings is 1. The molecule has 0 amide bonds. The van der Waals surface area contributed by atoms with Crippen LogP contribution in [-0.4, -0.2) is 18.1 Å². The topological polar surface area (TPSA) is 39.9 Å². The van der Waals surface area contributed by atoms with Crippen molar-refractivity contribution in [3.8, 4) is 6.07 Å². The molecule has 17 heavy (non-hydrogen) atoms. The second kappa shape index (κ2) is 5.18. The quantitative estimate of drug-likeness (QED) is 0.782. The largest absolute Gasteiger partial charge is 0.357 e. The third-order valence-corrected chi connectivity index (χ3v) is 3.77. The first-order valence-corrected chi connectivity index (χ1v) is 6.29. The summed E-state index contributed by atoms with van der Waals surface area (Å²) < 4.78 is 0. The van der Waals surface area contributed by atoms with E-state index in [1.807, 2.05) is 12.1 Å². The zero-order valence-corrected chi connectivity index (χ0v) is 10.6. The maximum absolute atomic E-state index is 8.74. The predicted octanol–water partition coefficient (Wildman–Crippen LogP) is 2.97. The zero-order valence-electron chi connectivity index (χ0n) is 10.6. The van der Waals surface area contributed by atoms with Crippen LogP contribution in [0.1, 0.15) is 38.2 Å². The molecule has 1 aliphatic carbocycles. The molecule has 1 saturated carbocycles. The summed E-state index contributed by atoms with van der Waals surface area (Å²) in [6, 6.07) is 6.48. The van der Waals surface area contributed by atoms with Crippen LogP contribution in [0.15, 0.2) is 18.3 Å². The standard InChI is InChI=1S/C14H19N3/c1-11-3-6-13(7-4-11)17(2)14-8-5-12(9-15)10-16-14/h5,8,10-11,13H,3-4,6-7H2,1-2H3. The van der Waals surface area contributed by atoms with Gasteiger partial charge in [-0.25, -0.2) is 4.98 Å². The van der Waals surface area contributed by atoms with Gasteiger partial charge in [-0.1, -0.05) is 6.92 Å². The van der Waals surface area contributed by atoms with Crippen molar-refractivity contribution < 1.29 is 0 Å². The van der Waals surface area contributed by atoms with Crippen molar-refractivity contribution in [1.82, 2.24) is 4.98 Å². The van der Waals surface area contributed by atoms with Gasteiger partial charge in [0.05, 0.1) is 5.56 Å². The molecule has 90 valence electrons. The average molecular weight is 229 g/mol. The molecule has 1 aliphatic rings. The second-order valence-corrected chi connectivity index (χ2v) is 5.04. The fourth-order valence-corrected chi connectivity index (χ4v) is 2.48. The molecular formula is C14H19N3. The van der Waals surface area contributed by atoms with Crippen LogP contribution in [0.5, 0.6) is 0 Å². The van der Waals surface area contributed by atoms with E-state index >= 15 is 0 Å². The van der Waals surface area contributed by atoms with Crippen molar-refractivity contribution in [3.05, 3.63) is 23.9 Å². The van der Waals surface area contributed by atoms with E-state index in [-0.39, 0.29) is 0 Å². The van der Waals surface area contributed by atoms with Gasteiger partial charge in [-0.2, -0.15) is 5.26 Å². The van der Waals surface area contributed by atoms with Crippen LogP contribution in [0, 0.1) is 17.2 Å². The Hall–Kier alpha value is -1.56. The molecule has 0 aliphatic heterocycles. The number of hydrogen-bond acceptors (Lipinski definition) is 3. The number of anilines is 1. The van der Waals surface area contributed by atoms with E-state index in [2.05, 4.69) is 29.9 Å². The van der Waals surface area contributed by atoms with E-state index < -0.39 is 0 Å². The van der Waals surface area contributed by atoms with Crippen LogP contribution >= 0.6 is 0 Å². The lowest BCUT2D eigenvalue weighted by molar-refractivity contribution is 0.340. The molecule has 0 radical (unpaired) electrons. The summed E-state index contributed by atoms with van der Waals surface area (Å²) in [7, 11) is 2.11. The number of hydrogen-bond donors (Lipinski definition) is 0. The summed E-state index contributed by atoms with van der Waals surface area (Å²) in [5.74, 6) is 1.84. The van der Waals surface area contributed by atoms with Crippen LogP contribution in [0.4, 0.5) is 5.82 Å². The fourth-order valence-electron chi connectivity index (χ4n) is 2.48. The summed E-state index contributed by atoms with van der Waals surface area (Å²) in [6.07, 6.45) is 6.77. The SMILES string of the molecule is CC1CCC(N(C)c2ccc(C#N)cn2)CC1. The Balaban J connectivity index is 2.03. The lowest BCUT2D eigenvalue weighted by atomic mass is 9.87. The Kier molecular flexibility index (Phi) is 3.63. The molecule has 1 heterocycles. The van der Waals surface area contributed by atoms with Crippen molar-refractivity contribution in [2.45, 2.75) is 38.6 Å². The van der Waals surface area contributed by atoms with Gasteiger partial charge in [-0.05, 0) is 43.7 Å². The highest BCUT2D eigenvalue weighted by Crippen LogP contribution is 2.28. The fraction of sp³-hybridized carbons (Fsp3) is 0.571. The Bertz CT molecular complexity index is 396. The maximum Gasteiger partial charge on any atom is 0.128 e. The van der Waals surface area contributed by atoms with Crippen LogP contribution in [-0.2, 0) is 0 Å². The van der Waals surface area contributed by atoms with Gasteiger partial charge in [-0.3, -0.25) is 0 Å². The van der Waals surface area contributed by atoms with E-state index in [1.54, 1.807) is 6.20 Å². The van der Waals surface area contributed by atoms with E-state index in [4.69, 9.17) is 5.26 Å². The number of aromatic nitrogens is 1. The Morgan fingerprint density at radius 1 is 1.29 bits per heavy atom. The zero-order chi connectivity index (χ0) is 12.3. The molecule has 0 unspecified atom stereocenters. The Morgan fingerprint density at radius 2 is 2.00 bits per heavy atom. The molecule has 0 N–H and O–H groups in total. The second-order valence-electron chi connectivity index (χ2n) is 5.04. The first-order valence-electron chi connectivity index (χ1n) is 6.29. The lowest BCUT2D eigenvalue weighted by Gasteiger charge is -2.34. The van der Waals surface area contributed by atoms with Crippen molar-refractivity contribution >= 4 is 5.82 Å². The predicted molar refractivity (Wildman–Crippen MR) is 68.8 cm³/mol. The third-order valence-electron chi connectivity index (χ3n) is 3.77. The van der Waals surface area contributed by atoms with E-state index in [0.717, 1.165) is 11.7 Å². The molecule has 1 aromatic heterocycles. The van der Waals surface area contributed by atoms with Crippen molar-refractivity contribution in [2.24, 2.45) is 5.92 Å². The van der Waals surface area contributed by atoms with Crippen LogP contribution in [0.25, 0.3) is 0 Å². The molecule has 0 spiro atoms. The number of nitriles is 1. The molecule has 0 atom stereocenters. The van der Waals surface area contributed by atoms with Crippen LogP contribution < -0.4 is 4.90 Å². The Labute approximate surface area is 103 Å². The van der Waals surface area contributed by atoms with Gasteiger partial charge in [-0.15, -0.1) is 0 Å². The normalized spacial score (nSPS) is 24.1. The first-order chi connectivity index (χ1) is 8.20. The Morgan fingerprint density at radius 3 is 2.53 bits per heavy atom. The maximum atomic E-state index is 8.74. The third kappa shape index (κ3) is 2.76. The van der Waals surface area contributed by atoms with E-state index in [0.29, 0.717) is 11.6 Å². The minimum Gasteiger partial charge on any atom is -0.357 e. The summed E-state index contributed by atoms with van der Waals surface area (Å²) >= 11 is 0. The summed E-state index contributed by atoms with van der Waals surface area (Å²) in [5.41, 5.74) is 0.624. The van der Waals surface area contributed by atoms with Gasteiger partial charge in [0.1, 0.15) is 11.9 Å². The van der Waals surface area contributed by atoms with Crippen molar-refractivity contribution in [2.75, 3.05) is 11.9 Å². The highest BCUT2D eigenvalue weighted by atomic mass is 15.2. The first kappa shape index (κ1) is 11.9.